The second-order valence-electron chi connectivity index (χ2n) is 8.71. The summed E-state index contributed by atoms with van der Waals surface area (Å²) in [5.74, 6) is -0.398. The van der Waals surface area contributed by atoms with Gasteiger partial charge in [-0.3, -0.25) is 4.72 Å². The zero-order chi connectivity index (χ0) is 26.7. The van der Waals surface area contributed by atoms with E-state index in [-0.39, 0.29) is 33.5 Å². The van der Waals surface area contributed by atoms with Crippen LogP contribution in [0.1, 0.15) is 55.9 Å². The number of carbonyl (C=O) groups is 1. The molecule has 0 saturated carbocycles. The molecule has 15 heteroatoms. The average molecular weight is 549 g/mol. The van der Waals surface area contributed by atoms with Crippen LogP contribution in [0, 0.1) is 5.92 Å². The van der Waals surface area contributed by atoms with E-state index in [9.17, 15) is 26.4 Å². The molecule has 0 amide bonds. The number of alkyl halides is 3. The van der Waals surface area contributed by atoms with Gasteiger partial charge in [-0.15, -0.1) is 20.4 Å². The van der Waals surface area contributed by atoms with Crippen LogP contribution in [0.4, 0.5) is 35.4 Å². The summed E-state index contributed by atoms with van der Waals surface area (Å²) in [5.41, 5.74) is -4.56. The summed E-state index contributed by atoms with van der Waals surface area (Å²) in [6.07, 6.45) is 1.76. The first kappa shape index (κ1) is 27.8. The van der Waals surface area contributed by atoms with Gasteiger partial charge >= 0.3 is 21.5 Å². The summed E-state index contributed by atoms with van der Waals surface area (Å²) in [6.45, 7) is 8.94. The summed E-state index contributed by atoms with van der Waals surface area (Å²) in [4.78, 5) is 14.1. The Morgan fingerprint density at radius 1 is 1.25 bits per heavy atom. The molecule has 10 nitrogen and oxygen atoms in total. The number of azo groups is 1. The van der Waals surface area contributed by atoms with E-state index in [1.165, 1.54) is 12.1 Å². The van der Waals surface area contributed by atoms with Crippen molar-refractivity contribution in [1.82, 2.24) is 10.2 Å². The van der Waals surface area contributed by atoms with Crippen LogP contribution in [0.15, 0.2) is 22.4 Å². The molecule has 0 aliphatic carbocycles. The third kappa shape index (κ3) is 6.69. The predicted molar refractivity (Wildman–Crippen MR) is 130 cm³/mol. The zero-order valence-electron chi connectivity index (χ0n) is 20.2. The highest BCUT2D eigenvalue weighted by Gasteiger charge is 2.46. The van der Waals surface area contributed by atoms with Crippen LogP contribution in [-0.4, -0.2) is 49.3 Å². The molecule has 1 atom stereocenters. The Balaban J connectivity index is 1.97. The second-order valence-corrected chi connectivity index (χ2v) is 11.3. The van der Waals surface area contributed by atoms with E-state index in [0.717, 1.165) is 23.3 Å². The van der Waals surface area contributed by atoms with Gasteiger partial charge in [-0.25, -0.2) is 4.79 Å². The molecule has 3 rings (SSSR count). The monoisotopic (exact) mass is 548 g/mol. The van der Waals surface area contributed by atoms with E-state index in [1.54, 1.807) is 11.6 Å². The summed E-state index contributed by atoms with van der Waals surface area (Å²) < 4.78 is 69.8. The Morgan fingerprint density at radius 2 is 1.97 bits per heavy atom. The summed E-state index contributed by atoms with van der Waals surface area (Å²) in [7, 11) is -5.70. The van der Waals surface area contributed by atoms with E-state index in [0.29, 0.717) is 31.6 Å². The van der Waals surface area contributed by atoms with Crippen molar-refractivity contribution >= 4 is 49.5 Å². The van der Waals surface area contributed by atoms with Gasteiger partial charge in [-0.1, -0.05) is 32.1 Å². The van der Waals surface area contributed by atoms with Crippen LogP contribution < -0.4 is 9.62 Å². The number of esters is 1. The molecule has 1 aromatic carbocycles. The number of hydrogen-bond donors (Lipinski definition) is 1. The molecule has 0 spiro atoms. The number of fused-ring (bicyclic) bond motifs is 1. The number of nitrogens with zero attached hydrogens (tertiary/aromatic N) is 5. The highest BCUT2D eigenvalue weighted by atomic mass is 32.2. The molecule has 0 bridgehead atoms. The van der Waals surface area contributed by atoms with Crippen LogP contribution in [0.25, 0.3) is 0 Å². The molecular weight excluding hydrogens is 521 g/mol. The number of sulfonamides is 1. The molecular formula is C21H27F3N6O4S2. The Morgan fingerprint density at radius 3 is 2.61 bits per heavy atom. The molecule has 36 heavy (non-hydrogen) atoms. The molecule has 1 unspecified atom stereocenters. The van der Waals surface area contributed by atoms with Crippen molar-refractivity contribution in [3.05, 3.63) is 22.7 Å². The molecule has 1 N–H and O–H groups in total. The Hall–Kier alpha value is -2.81. The lowest BCUT2D eigenvalue weighted by molar-refractivity contribution is -0.0429. The third-order valence-corrected chi connectivity index (χ3v) is 7.15. The van der Waals surface area contributed by atoms with E-state index in [4.69, 9.17) is 4.74 Å². The lowest BCUT2D eigenvalue weighted by atomic mass is 9.99. The van der Waals surface area contributed by atoms with E-state index in [2.05, 4.69) is 20.4 Å². The van der Waals surface area contributed by atoms with Crippen molar-refractivity contribution in [3.63, 3.8) is 0 Å². The number of aromatic nitrogens is 2. The minimum absolute atomic E-state index is 0.0464. The molecule has 0 fully saturated rings. The smallest absolute Gasteiger partial charge is 0.457 e. The van der Waals surface area contributed by atoms with Crippen LogP contribution in [0.2, 0.25) is 0 Å². The number of carbonyl (C=O) groups excluding carboxylic acids is 1. The molecule has 1 aliphatic rings. The number of halogens is 3. The first-order valence-corrected chi connectivity index (χ1v) is 13.6. The molecule has 2 heterocycles. The normalized spacial score (nSPS) is 15.3. The topological polar surface area (TPSA) is 126 Å². The van der Waals surface area contributed by atoms with Gasteiger partial charge in [0.25, 0.3) is 5.13 Å². The fraction of sp³-hybridized carbons (Fsp3) is 0.571. The Labute approximate surface area is 211 Å². The minimum Gasteiger partial charge on any atom is -0.457 e. The quantitative estimate of drug-likeness (QED) is 0.320. The summed E-state index contributed by atoms with van der Waals surface area (Å²) >= 11 is 0.788. The predicted octanol–water partition coefficient (Wildman–Crippen LogP) is 5.58. The summed E-state index contributed by atoms with van der Waals surface area (Å²) in [5, 5.41) is 15.2. The van der Waals surface area contributed by atoms with Crippen molar-refractivity contribution in [3.8, 4) is 0 Å². The Kier molecular flexibility index (Phi) is 8.54. The number of aryl methyl sites for hydroxylation is 1. The van der Waals surface area contributed by atoms with E-state index < -0.39 is 21.5 Å². The molecule has 0 saturated heterocycles. The van der Waals surface area contributed by atoms with Gasteiger partial charge in [-0.2, -0.15) is 21.6 Å². The van der Waals surface area contributed by atoms with Crippen molar-refractivity contribution < 1.29 is 31.1 Å². The number of ether oxygens (including phenoxy) is 1. The number of rotatable bonds is 9. The van der Waals surface area contributed by atoms with Crippen LogP contribution in [-0.2, 0) is 21.2 Å². The SMILES string of the molecule is CCC(C)OC(=O)c1nnc(N=Nc2cc3c(cc2NS(=O)(=O)C(F)(F)F)N(CC(C)C)CCC3)s1. The van der Waals surface area contributed by atoms with E-state index in [1.807, 2.05) is 25.7 Å². The lowest BCUT2D eigenvalue weighted by Crippen LogP contribution is -2.33. The number of anilines is 2. The standard InChI is InChI=1S/C21H27F3N6O4S2/c1-5-13(4)34-19(31)18-26-28-20(35-18)27-25-15-9-14-7-6-8-30(11-12(2)3)17(14)10-16(15)29-36(32,33)21(22,23)24/h9-10,12-13,29H,5-8,11H2,1-4H3. The average Bonchev–Trinajstić information content (AvgIpc) is 3.26. The number of nitrogens with one attached hydrogen (secondary N) is 1. The fourth-order valence-corrected chi connectivity index (χ4v) is 4.56. The van der Waals surface area contributed by atoms with Crippen LogP contribution in [0.5, 0.6) is 0 Å². The maximum atomic E-state index is 13.1. The van der Waals surface area contributed by atoms with Crippen molar-refractivity contribution in [2.45, 2.75) is 58.6 Å². The fourth-order valence-electron chi connectivity index (χ4n) is 3.44. The van der Waals surface area contributed by atoms with Gasteiger partial charge < -0.3 is 9.64 Å². The van der Waals surface area contributed by atoms with Gasteiger partial charge in [-0.05, 0) is 49.8 Å². The maximum absolute atomic E-state index is 13.1. The highest BCUT2D eigenvalue weighted by molar-refractivity contribution is 7.93. The number of benzene rings is 1. The first-order valence-electron chi connectivity index (χ1n) is 11.3. The minimum atomic E-state index is -5.70. The van der Waals surface area contributed by atoms with Crippen molar-refractivity contribution in [1.29, 1.82) is 0 Å². The van der Waals surface area contributed by atoms with Gasteiger partial charge in [0.1, 0.15) is 5.69 Å². The third-order valence-electron chi connectivity index (χ3n) is 5.26. The maximum Gasteiger partial charge on any atom is 0.516 e. The van der Waals surface area contributed by atoms with Gasteiger partial charge in [0.05, 0.1) is 11.8 Å². The van der Waals surface area contributed by atoms with Crippen LogP contribution >= 0.6 is 11.3 Å². The molecule has 1 aliphatic heterocycles. The molecule has 2 aromatic rings. The lowest BCUT2D eigenvalue weighted by Gasteiger charge is -2.33. The zero-order valence-corrected chi connectivity index (χ0v) is 21.8. The Bertz CT molecular complexity index is 1230. The first-order chi connectivity index (χ1) is 16.8. The second kappa shape index (κ2) is 11.1. The van der Waals surface area contributed by atoms with Crippen molar-refractivity contribution in [2.75, 3.05) is 22.7 Å². The largest absolute Gasteiger partial charge is 0.516 e. The van der Waals surface area contributed by atoms with Gasteiger partial charge in [0.15, 0.2) is 0 Å². The molecule has 198 valence electrons. The van der Waals surface area contributed by atoms with Crippen LogP contribution in [0.3, 0.4) is 0 Å². The molecule has 0 radical (unpaired) electrons. The summed E-state index contributed by atoms with van der Waals surface area (Å²) in [6, 6.07) is 2.86. The number of hydrogen-bond acceptors (Lipinski definition) is 10. The van der Waals surface area contributed by atoms with Gasteiger partial charge in [0, 0.05) is 18.8 Å². The van der Waals surface area contributed by atoms with E-state index >= 15 is 0 Å². The highest BCUT2D eigenvalue weighted by Crippen LogP contribution is 2.40. The van der Waals surface area contributed by atoms with Gasteiger partial charge in [0.2, 0.25) is 5.01 Å². The van der Waals surface area contributed by atoms with Crippen molar-refractivity contribution in [2.24, 2.45) is 16.1 Å². The molecule has 1 aromatic heterocycles.